The van der Waals surface area contributed by atoms with Crippen molar-refractivity contribution in [3.63, 3.8) is 0 Å². The van der Waals surface area contributed by atoms with E-state index >= 15 is 0 Å². The highest BCUT2D eigenvalue weighted by molar-refractivity contribution is 7.17. The molecular weight excluding hydrogens is 276 g/mol. The summed E-state index contributed by atoms with van der Waals surface area (Å²) in [5.41, 5.74) is 1.07. The van der Waals surface area contributed by atoms with Crippen molar-refractivity contribution in [2.45, 2.75) is 12.8 Å². The van der Waals surface area contributed by atoms with E-state index in [1.54, 1.807) is 24.4 Å². The third kappa shape index (κ3) is 2.53. The average molecular weight is 288 g/mol. The highest BCUT2D eigenvalue weighted by Crippen LogP contribution is 2.25. The van der Waals surface area contributed by atoms with Gasteiger partial charge in [0.2, 0.25) is 0 Å². The van der Waals surface area contributed by atoms with Crippen LogP contribution in [0.5, 0.6) is 0 Å². The first-order valence-electron chi connectivity index (χ1n) is 6.24. The summed E-state index contributed by atoms with van der Waals surface area (Å²) in [6.45, 7) is 0.664. The standard InChI is InChI=1S/C13H12N4O2S/c18-11(9-4-1-2-6-14-9)17-13-16-8-5-3-7-15-12(19)10(8)20-13/h1-2,4,6H,3,5,7H2,(H,15,19)(H,16,17,18). The molecule has 0 atom stereocenters. The van der Waals surface area contributed by atoms with Gasteiger partial charge in [0.15, 0.2) is 5.13 Å². The van der Waals surface area contributed by atoms with Crippen molar-refractivity contribution in [1.29, 1.82) is 0 Å². The second kappa shape index (κ2) is 5.38. The molecule has 20 heavy (non-hydrogen) atoms. The third-order valence-corrected chi connectivity index (χ3v) is 3.91. The van der Waals surface area contributed by atoms with Crippen LogP contribution in [0.3, 0.4) is 0 Å². The molecule has 0 saturated heterocycles. The van der Waals surface area contributed by atoms with E-state index in [-0.39, 0.29) is 11.8 Å². The van der Waals surface area contributed by atoms with E-state index in [9.17, 15) is 9.59 Å². The monoisotopic (exact) mass is 288 g/mol. The fourth-order valence-corrected chi connectivity index (χ4v) is 2.87. The Bertz CT molecular complexity index is 654. The van der Waals surface area contributed by atoms with Crippen LogP contribution in [-0.4, -0.2) is 28.3 Å². The maximum absolute atomic E-state index is 12.0. The maximum Gasteiger partial charge on any atom is 0.276 e. The highest BCUT2D eigenvalue weighted by Gasteiger charge is 2.21. The zero-order valence-corrected chi connectivity index (χ0v) is 11.4. The molecule has 0 saturated carbocycles. The second-order valence-electron chi connectivity index (χ2n) is 4.32. The zero-order chi connectivity index (χ0) is 13.9. The largest absolute Gasteiger partial charge is 0.351 e. The number of nitrogens with one attached hydrogen (secondary N) is 2. The van der Waals surface area contributed by atoms with Gasteiger partial charge in [-0.05, 0) is 25.0 Å². The molecule has 2 N–H and O–H groups in total. The van der Waals surface area contributed by atoms with Crippen LogP contribution in [0.1, 0.15) is 32.3 Å². The van der Waals surface area contributed by atoms with Crippen LogP contribution in [0.25, 0.3) is 0 Å². The smallest absolute Gasteiger partial charge is 0.276 e. The summed E-state index contributed by atoms with van der Waals surface area (Å²) in [6.07, 6.45) is 3.15. The lowest BCUT2D eigenvalue weighted by Gasteiger charge is -2.00. The van der Waals surface area contributed by atoms with Crippen LogP contribution in [-0.2, 0) is 6.42 Å². The third-order valence-electron chi connectivity index (χ3n) is 2.90. The molecule has 2 amide bonds. The second-order valence-corrected chi connectivity index (χ2v) is 5.32. The summed E-state index contributed by atoms with van der Waals surface area (Å²) in [5, 5.41) is 5.92. The van der Waals surface area contributed by atoms with Gasteiger partial charge in [-0.3, -0.25) is 19.9 Å². The van der Waals surface area contributed by atoms with Crippen molar-refractivity contribution in [2.75, 3.05) is 11.9 Å². The predicted octanol–water partition coefficient (Wildman–Crippen LogP) is 1.47. The van der Waals surface area contributed by atoms with E-state index < -0.39 is 0 Å². The van der Waals surface area contributed by atoms with Gasteiger partial charge in [-0.15, -0.1) is 0 Å². The minimum absolute atomic E-state index is 0.117. The van der Waals surface area contributed by atoms with E-state index in [0.717, 1.165) is 18.5 Å². The Morgan fingerprint density at radius 3 is 3.10 bits per heavy atom. The van der Waals surface area contributed by atoms with Crippen molar-refractivity contribution in [1.82, 2.24) is 15.3 Å². The number of nitrogens with zero attached hydrogens (tertiary/aromatic N) is 2. The van der Waals surface area contributed by atoms with Gasteiger partial charge in [0.25, 0.3) is 11.8 Å². The van der Waals surface area contributed by atoms with Gasteiger partial charge < -0.3 is 5.32 Å². The number of anilines is 1. The average Bonchev–Trinajstić information content (AvgIpc) is 2.79. The Hall–Kier alpha value is -2.28. The molecule has 0 bridgehead atoms. The Labute approximate surface area is 119 Å². The number of hydrogen-bond acceptors (Lipinski definition) is 5. The lowest BCUT2D eigenvalue weighted by Crippen LogP contribution is -2.21. The van der Waals surface area contributed by atoms with E-state index in [4.69, 9.17) is 0 Å². The molecule has 102 valence electrons. The fourth-order valence-electron chi connectivity index (χ4n) is 1.95. The molecule has 6 nitrogen and oxygen atoms in total. The number of rotatable bonds is 2. The van der Waals surface area contributed by atoms with Crippen LogP contribution in [0.4, 0.5) is 5.13 Å². The maximum atomic E-state index is 12.0. The molecule has 3 heterocycles. The molecule has 0 spiro atoms. The van der Waals surface area contributed by atoms with Gasteiger partial charge in [-0.25, -0.2) is 4.98 Å². The van der Waals surface area contributed by atoms with Gasteiger partial charge in [-0.1, -0.05) is 17.4 Å². The summed E-state index contributed by atoms with van der Waals surface area (Å²) in [4.78, 5) is 32.7. The first kappa shape index (κ1) is 12.7. The number of hydrogen-bond donors (Lipinski definition) is 2. The van der Waals surface area contributed by atoms with E-state index in [0.29, 0.717) is 22.2 Å². The van der Waals surface area contributed by atoms with Crippen LogP contribution in [0.2, 0.25) is 0 Å². The molecule has 1 aliphatic rings. The lowest BCUT2D eigenvalue weighted by molar-refractivity contribution is 0.0958. The minimum Gasteiger partial charge on any atom is -0.351 e. The summed E-state index contributed by atoms with van der Waals surface area (Å²) < 4.78 is 0. The number of pyridine rings is 1. The van der Waals surface area contributed by atoms with Crippen molar-refractivity contribution >= 4 is 28.3 Å². The summed E-state index contributed by atoms with van der Waals surface area (Å²) in [5.74, 6) is -0.441. The van der Waals surface area contributed by atoms with Crippen LogP contribution >= 0.6 is 11.3 Å². The Balaban J connectivity index is 1.81. The normalized spacial score (nSPS) is 14.1. The van der Waals surface area contributed by atoms with Crippen molar-refractivity contribution in [3.05, 3.63) is 40.7 Å². The molecule has 0 aliphatic carbocycles. The van der Waals surface area contributed by atoms with Crippen LogP contribution < -0.4 is 10.6 Å². The molecule has 0 unspecified atom stereocenters. The van der Waals surface area contributed by atoms with Gasteiger partial charge in [0.1, 0.15) is 10.6 Å². The van der Waals surface area contributed by atoms with E-state index in [2.05, 4.69) is 20.6 Å². The quantitative estimate of drug-likeness (QED) is 0.876. The molecule has 1 aliphatic heterocycles. The Morgan fingerprint density at radius 2 is 2.30 bits per heavy atom. The van der Waals surface area contributed by atoms with Gasteiger partial charge >= 0.3 is 0 Å². The highest BCUT2D eigenvalue weighted by atomic mass is 32.1. The number of aromatic nitrogens is 2. The van der Waals surface area contributed by atoms with Gasteiger partial charge in [0.05, 0.1) is 5.69 Å². The van der Waals surface area contributed by atoms with E-state index in [1.165, 1.54) is 11.3 Å². The number of amides is 2. The fraction of sp³-hybridized carbons (Fsp3) is 0.231. The van der Waals surface area contributed by atoms with Crippen molar-refractivity contribution in [2.24, 2.45) is 0 Å². The summed E-state index contributed by atoms with van der Waals surface area (Å²) >= 11 is 1.20. The van der Waals surface area contributed by atoms with Crippen LogP contribution in [0.15, 0.2) is 24.4 Å². The molecule has 0 aromatic carbocycles. The molecule has 7 heteroatoms. The molecule has 2 aromatic heterocycles. The van der Waals surface area contributed by atoms with Gasteiger partial charge in [-0.2, -0.15) is 0 Å². The number of fused-ring (bicyclic) bond motifs is 1. The number of carbonyl (C=O) groups excluding carboxylic acids is 2. The first-order chi connectivity index (χ1) is 9.74. The summed E-state index contributed by atoms with van der Waals surface area (Å²) in [7, 11) is 0. The molecular formula is C13H12N4O2S. The Kier molecular flexibility index (Phi) is 3.42. The van der Waals surface area contributed by atoms with E-state index in [1.807, 2.05) is 0 Å². The summed E-state index contributed by atoms with van der Waals surface area (Å²) in [6, 6.07) is 5.11. The first-order valence-corrected chi connectivity index (χ1v) is 7.06. The predicted molar refractivity (Wildman–Crippen MR) is 75.0 cm³/mol. The molecule has 3 rings (SSSR count). The SMILES string of the molecule is O=C(Nc1nc2c(s1)C(=O)NCCC2)c1ccccn1. The molecule has 2 aromatic rings. The molecule has 0 radical (unpaired) electrons. The zero-order valence-electron chi connectivity index (χ0n) is 10.5. The van der Waals surface area contributed by atoms with Gasteiger partial charge in [0, 0.05) is 12.7 Å². The number of thiazole rings is 1. The lowest BCUT2D eigenvalue weighted by atomic mass is 10.2. The van der Waals surface area contributed by atoms with Crippen molar-refractivity contribution in [3.8, 4) is 0 Å². The van der Waals surface area contributed by atoms with Crippen LogP contribution in [0, 0.1) is 0 Å². The topological polar surface area (TPSA) is 84.0 Å². The minimum atomic E-state index is -0.324. The molecule has 0 fully saturated rings. The van der Waals surface area contributed by atoms with Crippen molar-refractivity contribution < 1.29 is 9.59 Å². The Morgan fingerprint density at radius 1 is 1.40 bits per heavy atom. The number of aryl methyl sites for hydroxylation is 1. The number of carbonyl (C=O) groups is 2.